The van der Waals surface area contributed by atoms with Gasteiger partial charge in [0.25, 0.3) is 0 Å². The van der Waals surface area contributed by atoms with Crippen LogP contribution in [0.1, 0.15) is 11.1 Å². The van der Waals surface area contributed by atoms with Gasteiger partial charge in [0.2, 0.25) is 5.91 Å². The first-order valence-corrected chi connectivity index (χ1v) is 9.24. The first kappa shape index (κ1) is 19.6. The van der Waals surface area contributed by atoms with Gasteiger partial charge in [0, 0.05) is 13.0 Å². The Morgan fingerprint density at radius 1 is 0.964 bits per heavy atom. The Hall–Kier alpha value is -3.18. The molecule has 1 amide bonds. The van der Waals surface area contributed by atoms with E-state index in [1.54, 1.807) is 0 Å². The van der Waals surface area contributed by atoms with Crippen molar-refractivity contribution in [2.45, 2.75) is 19.0 Å². The molecule has 0 heterocycles. The smallest absolute Gasteiger partial charge is 0.326 e. The Kier molecular flexibility index (Phi) is 6.40. The van der Waals surface area contributed by atoms with Gasteiger partial charge in [-0.1, -0.05) is 72.8 Å². The van der Waals surface area contributed by atoms with Gasteiger partial charge in [-0.05, 0) is 28.9 Å². The van der Waals surface area contributed by atoms with Crippen molar-refractivity contribution in [3.05, 3.63) is 83.9 Å². The molecule has 3 aromatic rings. The number of carbonyl (C=O) groups is 2. The van der Waals surface area contributed by atoms with Crippen LogP contribution in [0.4, 0.5) is 0 Å². The molecule has 28 heavy (non-hydrogen) atoms. The van der Waals surface area contributed by atoms with Crippen LogP contribution in [0, 0.1) is 0 Å². The fourth-order valence-electron chi connectivity index (χ4n) is 3.33. The van der Waals surface area contributed by atoms with Crippen LogP contribution in [0.25, 0.3) is 10.8 Å². The van der Waals surface area contributed by atoms with Crippen LogP contribution in [0.5, 0.6) is 0 Å². The normalized spacial score (nSPS) is 12.1. The van der Waals surface area contributed by atoms with Crippen molar-refractivity contribution < 1.29 is 14.7 Å². The monoisotopic (exact) mass is 376 g/mol. The summed E-state index contributed by atoms with van der Waals surface area (Å²) >= 11 is 0. The van der Waals surface area contributed by atoms with Crippen LogP contribution in [0.2, 0.25) is 0 Å². The molecule has 0 aliphatic heterocycles. The van der Waals surface area contributed by atoms with E-state index in [9.17, 15) is 14.7 Å². The number of amides is 1. The molecule has 0 saturated carbocycles. The molecule has 0 bridgehead atoms. The zero-order chi connectivity index (χ0) is 19.9. The van der Waals surface area contributed by atoms with E-state index in [1.807, 2.05) is 84.7 Å². The molecule has 0 fully saturated rings. The summed E-state index contributed by atoms with van der Waals surface area (Å²) in [4.78, 5) is 26.0. The number of hydrogen-bond donors (Lipinski definition) is 2. The van der Waals surface area contributed by atoms with Gasteiger partial charge in [0.1, 0.15) is 6.04 Å². The highest BCUT2D eigenvalue weighted by Crippen LogP contribution is 2.20. The molecule has 0 aliphatic carbocycles. The maximum absolute atomic E-state index is 12.4. The van der Waals surface area contributed by atoms with Gasteiger partial charge >= 0.3 is 5.97 Å². The predicted molar refractivity (Wildman–Crippen MR) is 110 cm³/mol. The molecule has 3 aromatic carbocycles. The fourth-order valence-corrected chi connectivity index (χ4v) is 3.33. The van der Waals surface area contributed by atoms with Gasteiger partial charge < -0.3 is 10.4 Å². The van der Waals surface area contributed by atoms with E-state index in [4.69, 9.17) is 0 Å². The standard InChI is InChI=1S/C23H24N2O3/c1-25(15-17-8-3-2-4-9-17)16-22(26)24-21(23(27)28)14-19-12-7-11-18-10-5-6-13-20(18)19/h2-13,21H,14-16H2,1H3,(H,24,26)(H,27,28)/t21-/m0/s1. The summed E-state index contributed by atoms with van der Waals surface area (Å²) in [6.45, 7) is 0.754. The minimum atomic E-state index is -1.04. The molecule has 5 nitrogen and oxygen atoms in total. The van der Waals surface area contributed by atoms with Crippen LogP contribution in [0.3, 0.4) is 0 Å². The maximum Gasteiger partial charge on any atom is 0.326 e. The summed E-state index contributed by atoms with van der Waals surface area (Å²) in [6.07, 6.45) is 0.241. The van der Waals surface area contributed by atoms with Crippen LogP contribution in [-0.4, -0.2) is 41.5 Å². The minimum absolute atomic E-state index is 0.133. The van der Waals surface area contributed by atoms with Gasteiger partial charge in [-0.3, -0.25) is 9.69 Å². The summed E-state index contributed by atoms with van der Waals surface area (Å²) in [7, 11) is 1.84. The second-order valence-corrected chi connectivity index (χ2v) is 6.96. The second-order valence-electron chi connectivity index (χ2n) is 6.96. The average Bonchev–Trinajstić information content (AvgIpc) is 2.68. The first-order chi connectivity index (χ1) is 13.5. The lowest BCUT2D eigenvalue weighted by atomic mass is 9.99. The number of carboxylic acid groups (broad SMARTS) is 1. The SMILES string of the molecule is CN(CC(=O)N[C@@H](Cc1cccc2ccccc12)C(=O)O)Cc1ccccc1. The van der Waals surface area contributed by atoms with E-state index in [0.29, 0.717) is 6.54 Å². The lowest BCUT2D eigenvalue weighted by Gasteiger charge is -2.20. The Bertz CT molecular complexity index is 951. The van der Waals surface area contributed by atoms with E-state index in [0.717, 1.165) is 21.9 Å². The molecular formula is C23H24N2O3. The molecule has 0 aliphatic rings. The van der Waals surface area contributed by atoms with Crippen molar-refractivity contribution in [1.29, 1.82) is 0 Å². The summed E-state index contributed by atoms with van der Waals surface area (Å²) in [5.74, 6) is -1.34. The molecule has 0 aromatic heterocycles. The lowest BCUT2D eigenvalue weighted by molar-refractivity contribution is -0.141. The first-order valence-electron chi connectivity index (χ1n) is 9.24. The van der Waals surface area contributed by atoms with E-state index >= 15 is 0 Å². The molecule has 5 heteroatoms. The van der Waals surface area contributed by atoms with Gasteiger partial charge in [-0.2, -0.15) is 0 Å². The summed E-state index contributed by atoms with van der Waals surface area (Å²) < 4.78 is 0. The number of rotatable bonds is 8. The van der Waals surface area contributed by atoms with E-state index in [2.05, 4.69) is 5.32 Å². The average molecular weight is 376 g/mol. The summed E-state index contributed by atoms with van der Waals surface area (Å²) in [5.41, 5.74) is 2.01. The quantitative estimate of drug-likeness (QED) is 0.634. The number of aliphatic carboxylic acids is 1. The topological polar surface area (TPSA) is 69.6 Å². The molecule has 0 spiro atoms. The minimum Gasteiger partial charge on any atom is -0.480 e. The molecule has 0 unspecified atom stereocenters. The number of carbonyl (C=O) groups excluding carboxylic acids is 1. The highest BCUT2D eigenvalue weighted by Gasteiger charge is 2.22. The van der Waals surface area contributed by atoms with Crippen molar-refractivity contribution in [1.82, 2.24) is 10.2 Å². The molecular weight excluding hydrogens is 352 g/mol. The Morgan fingerprint density at radius 3 is 2.39 bits per heavy atom. The third-order valence-corrected chi connectivity index (χ3v) is 4.65. The largest absolute Gasteiger partial charge is 0.480 e. The predicted octanol–water partition coefficient (Wildman–Crippen LogP) is 3.08. The lowest BCUT2D eigenvalue weighted by Crippen LogP contribution is -2.46. The second kappa shape index (κ2) is 9.15. The third kappa shape index (κ3) is 5.18. The van der Waals surface area contributed by atoms with Crippen LogP contribution in [-0.2, 0) is 22.6 Å². The molecule has 2 N–H and O–H groups in total. The highest BCUT2D eigenvalue weighted by atomic mass is 16.4. The number of nitrogens with zero attached hydrogens (tertiary/aromatic N) is 1. The van der Waals surface area contributed by atoms with Gasteiger partial charge in [0.15, 0.2) is 0 Å². The molecule has 0 saturated heterocycles. The van der Waals surface area contributed by atoms with Gasteiger partial charge in [0.05, 0.1) is 6.54 Å². The number of fused-ring (bicyclic) bond motifs is 1. The Morgan fingerprint density at radius 2 is 1.64 bits per heavy atom. The zero-order valence-electron chi connectivity index (χ0n) is 15.8. The highest BCUT2D eigenvalue weighted by molar-refractivity contribution is 5.88. The summed E-state index contributed by atoms with van der Waals surface area (Å²) in [5, 5.41) is 14.3. The number of nitrogens with one attached hydrogen (secondary N) is 1. The molecule has 144 valence electrons. The molecule has 3 rings (SSSR count). The van der Waals surface area contributed by atoms with Crippen LogP contribution in [0.15, 0.2) is 72.8 Å². The van der Waals surface area contributed by atoms with E-state index in [-0.39, 0.29) is 18.9 Å². The fraction of sp³-hybridized carbons (Fsp3) is 0.217. The maximum atomic E-state index is 12.4. The zero-order valence-corrected chi connectivity index (χ0v) is 15.8. The van der Waals surface area contributed by atoms with Crippen molar-refractivity contribution in [3.8, 4) is 0 Å². The van der Waals surface area contributed by atoms with Crippen LogP contribution < -0.4 is 5.32 Å². The Labute approximate surface area is 164 Å². The van der Waals surface area contributed by atoms with Gasteiger partial charge in [-0.25, -0.2) is 4.79 Å². The third-order valence-electron chi connectivity index (χ3n) is 4.65. The number of likely N-dealkylation sites (N-methyl/N-ethyl adjacent to an activating group) is 1. The number of carboxylic acids is 1. The van der Waals surface area contributed by atoms with Crippen molar-refractivity contribution in [3.63, 3.8) is 0 Å². The number of hydrogen-bond acceptors (Lipinski definition) is 3. The number of benzene rings is 3. The van der Waals surface area contributed by atoms with Crippen molar-refractivity contribution in [2.24, 2.45) is 0 Å². The van der Waals surface area contributed by atoms with Crippen LogP contribution >= 0.6 is 0 Å². The van der Waals surface area contributed by atoms with E-state index in [1.165, 1.54) is 0 Å². The van der Waals surface area contributed by atoms with E-state index < -0.39 is 12.0 Å². The van der Waals surface area contributed by atoms with Crippen molar-refractivity contribution >= 4 is 22.6 Å². The van der Waals surface area contributed by atoms with Crippen molar-refractivity contribution in [2.75, 3.05) is 13.6 Å². The molecule has 1 atom stereocenters. The Balaban J connectivity index is 1.64. The van der Waals surface area contributed by atoms with Gasteiger partial charge in [-0.15, -0.1) is 0 Å². The summed E-state index contributed by atoms with van der Waals surface area (Å²) in [6, 6.07) is 22.5. The molecule has 0 radical (unpaired) electrons.